The van der Waals surface area contributed by atoms with Crippen LogP contribution in [0.2, 0.25) is 0 Å². The van der Waals surface area contributed by atoms with Gasteiger partial charge in [0.05, 0.1) is 11.8 Å². The number of hydrogen-bond donors (Lipinski definition) is 2. The lowest BCUT2D eigenvalue weighted by Gasteiger charge is -2.34. The fraction of sp³-hybridized carbons (Fsp3) is 0.0930. The summed E-state index contributed by atoms with van der Waals surface area (Å²) >= 11 is 0. The number of nitrogens with one attached hydrogen (secondary N) is 2. The molecule has 2 heterocycles. The summed E-state index contributed by atoms with van der Waals surface area (Å²) in [5.74, 6) is 0.664. The van der Waals surface area contributed by atoms with Gasteiger partial charge in [-0.15, -0.1) is 0 Å². The number of fused-ring (bicyclic) bond motifs is 6. The van der Waals surface area contributed by atoms with Gasteiger partial charge in [0, 0.05) is 28.7 Å². The first-order valence-electron chi connectivity index (χ1n) is 16.1. The van der Waals surface area contributed by atoms with Gasteiger partial charge in [-0.25, -0.2) is 0 Å². The summed E-state index contributed by atoms with van der Waals surface area (Å²) in [6.45, 7) is 0. The van der Waals surface area contributed by atoms with Crippen molar-refractivity contribution in [2.75, 3.05) is 0 Å². The van der Waals surface area contributed by atoms with Crippen LogP contribution in [-0.2, 0) is 0 Å². The van der Waals surface area contributed by atoms with E-state index >= 15 is 0 Å². The molecule has 0 aromatic heterocycles. The molecule has 2 N–H and O–H groups in total. The predicted octanol–water partition coefficient (Wildman–Crippen LogP) is 9.61. The first kappa shape index (κ1) is 26.7. The van der Waals surface area contributed by atoms with Crippen molar-refractivity contribution in [3.05, 3.63) is 198 Å². The first-order valence-corrected chi connectivity index (χ1v) is 16.1. The van der Waals surface area contributed by atoms with Gasteiger partial charge in [0.1, 0.15) is 6.17 Å². The van der Waals surface area contributed by atoms with Crippen molar-refractivity contribution < 1.29 is 0 Å². The minimum Gasteiger partial charge on any atom is -0.381 e. The van der Waals surface area contributed by atoms with Crippen LogP contribution in [0.25, 0.3) is 27.1 Å². The van der Waals surface area contributed by atoms with Crippen molar-refractivity contribution in [3.63, 3.8) is 0 Å². The van der Waals surface area contributed by atoms with E-state index in [1.54, 1.807) is 0 Å². The lowest BCUT2D eigenvalue weighted by Crippen LogP contribution is -2.28. The van der Waals surface area contributed by atoms with Crippen molar-refractivity contribution in [3.8, 4) is 0 Å². The Bertz CT molecular complexity index is 2220. The number of allylic oxidation sites excluding steroid dienone is 9. The molecule has 5 aromatic carbocycles. The Morgan fingerprint density at radius 1 is 0.609 bits per heavy atom. The van der Waals surface area contributed by atoms with Gasteiger partial charge in [0.25, 0.3) is 0 Å². The summed E-state index contributed by atoms with van der Waals surface area (Å²) in [5.41, 5.74) is 9.50. The lowest BCUT2D eigenvalue weighted by atomic mass is 9.73. The second-order valence-corrected chi connectivity index (χ2v) is 12.4. The lowest BCUT2D eigenvalue weighted by molar-refractivity contribution is 0.627. The monoisotopic (exact) mass is 591 g/mol. The molecule has 3 nitrogen and oxygen atoms in total. The summed E-state index contributed by atoms with van der Waals surface area (Å²) in [6.07, 6.45) is 21.8. The molecule has 5 aromatic rings. The molecule has 9 rings (SSSR count). The summed E-state index contributed by atoms with van der Waals surface area (Å²) in [7, 11) is 0. The minimum absolute atomic E-state index is 0.172. The quantitative estimate of drug-likeness (QED) is 0.204. The summed E-state index contributed by atoms with van der Waals surface area (Å²) in [5, 5.41) is 12.3. The molecule has 0 bridgehead atoms. The molecule has 0 amide bonds. The third kappa shape index (κ3) is 4.55. The van der Waals surface area contributed by atoms with Crippen molar-refractivity contribution in [2.45, 2.75) is 18.1 Å². The van der Waals surface area contributed by atoms with E-state index < -0.39 is 0 Å². The minimum atomic E-state index is -0.239. The molecule has 2 aliphatic carbocycles. The second-order valence-electron chi connectivity index (χ2n) is 12.4. The summed E-state index contributed by atoms with van der Waals surface area (Å²) < 4.78 is 0. The van der Waals surface area contributed by atoms with Crippen LogP contribution in [0.15, 0.2) is 175 Å². The molecule has 2 aliphatic heterocycles. The fourth-order valence-electron chi connectivity index (χ4n) is 7.44. The Morgan fingerprint density at radius 2 is 1.35 bits per heavy atom. The Morgan fingerprint density at radius 3 is 2.22 bits per heavy atom. The largest absolute Gasteiger partial charge is 0.381 e. The van der Waals surface area contributed by atoms with E-state index in [9.17, 15) is 0 Å². The van der Waals surface area contributed by atoms with Crippen LogP contribution in [0.3, 0.4) is 0 Å². The van der Waals surface area contributed by atoms with E-state index in [1.807, 2.05) is 12.3 Å². The van der Waals surface area contributed by atoms with Crippen LogP contribution in [-0.4, -0.2) is 5.71 Å². The molecule has 4 aliphatic rings. The van der Waals surface area contributed by atoms with E-state index in [1.165, 1.54) is 43.8 Å². The van der Waals surface area contributed by atoms with Crippen LogP contribution in [0.5, 0.6) is 0 Å². The highest BCUT2D eigenvalue weighted by molar-refractivity contribution is 6.23. The Kier molecular flexibility index (Phi) is 6.41. The first-order chi connectivity index (χ1) is 22.8. The maximum Gasteiger partial charge on any atom is 0.145 e. The maximum atomic E-state index is 5.44. The zero-order valence-corrected chi connectivity index (χ0v) is 25.3. The Hall–Kier alpha value is -5.67. The van der Waals surface area contributed by atoms with E-state index in [-0.39, 0.29) is 12.2 Å². The van der Waals surface area contributed by atoms with Gasteiger partial charge < -0.3 is 10.6 Å². The van der Waals surface area contributed by atoms with Gasteiger partial charge in [-0.3, -0.25) is 4.99 Å². The maximum absolute atomic E-state index is 5.44. The van der Waals surface area contributed by atoms with Gasteiger partial charge in [-0.2, -0.15) is 0 Å². The van der Waals surface area contributed by atoms with E-state index in [0.29, 0.717) is 11.8 Å². The van der Waals surface area contributed by atoms with E-state index in [0.717, 1.165) is 22.5 Å². The fourth-order valence-corrected chi connectivity index (χ4v) is 7.44. The SMILES string of the molecule is C1=CNC(c2ccc([C@H]3N=C(c4cc5ccccc5c5ccccc45)C=C(C4=CC5C=CC=CC5c5ccccc54)N3)cc2)C=C1. The topological polar surface area (TPSA) is 36.4 Å². The molecule has 0 fully saturated rings. The normalized spacial score (nSPS) is 22.7. The number of rotatable bonds is 4. The van der Waals surface area contributed by atoms with Crippen LogP contribution < -0.4 is 10.6 Å². The molecular weight excluding hydrogens is 558 g/mol. The average Bonchev–Trinajstić information content (AvgIpc) is 3.14. The molecule has 3 unspecified atom stereocenters. The Labute approximate surface area is 269 Å². The molecule has 0 spiro atoms. The zero-order chi connectivity index (χ0) is 30.5. The van der Waals surface area contributed by atoms with E-state index in [4.69, 9.17) is 4.99 Å². The molecule has 0 saturated carbocycles. The van der Waals surface area contributed by atoms with Gasteiger partial charge in [-0.05, 0) is 68.2 Å². The highest BCUT2D eigenvalue weighted by atomic mass is 15.1. The van der Waals surface area contributed by atoms with Crippen LogP contribution in [0.4, 0.5) is 0 Å². The molecule has 3 heteroatoms. The number of dihydropyridines is 1. The summed E-state index contributed by atoms with van der Waals surface area (Å²) in [6, 6.07) is 37.6. The number of aliphatic imine (C=N–C) groups is 1. The molecule has 46 heavy (non-hydrogen) atoms. The third-order valence-electron chi connectivity index (χ3n) is 9.72. The van der Waals surface area contributed by atoms with Crippen LogP contribution in [0.1, 0.15) is 45.9 Å². The average molecular weight is 592 g/mol. The standard InChI is InChI=1S/C43H33N3/c1-3-13-32-30(11-1)25-38(36-17-7-5-15-34(32)36)41-27-42(39-26-31-12-2-4-14-33(31)35-16-6-8-18-37(35)39)46-43(45-41)29-22-20-28(21-23-29)40-19-9-10-24-44-40/h1-27,30,32,40,43-45H/t30?,32?,40?,43-/m1/s1. The summed E-state index contributed by atoms with van der Waals surface area (Å²) in [4.78, 5) is 5.44. The van der Waals surface area contributed by atoms with Crippen molar-refractivity contribution in [2.24, 2.45) is 10.9 Å². The Balaban J connectivity index is 1.21. The molecular formula is C43H33N3. The van der Waals surface area contributed by atoms with Crippen LogP contribution in [0, 0.1) is 5.92 Å². The highest BCUT2D eigenvalue weighted by Crippen LogP contribution is 2.44. The van der Waals surface area contributed by atoms with Gasteiger partial charge in [-0.1, -0.05) is 140 Å². The smallest absolute Gasteiger partial charge is 0.145 e. The van der Waals surface area contributed by atoms with E-state index in [2.05, 4.69) is 162 Å². The molecule has 220 valence electrons. The second kappa shape index (κ2) is 11.0. The predicted molar refractivity (Wildman–Crippen MR) is 191 cm³/mol. The zero-order valence-electron chi connectivity index (χ0n) is 25.3. The molecule has 4 atom stereocenters. The molecule has 0 saturated heterocycles. The van der Waals surface area contributed by atoms with Crippen molar-refractivity contribution >= 4 is 32.8 Å². The number of nitrogens with zero attached hydrogens (tertiary/aromatic N) is 1. The van der Waals surface area contributed by atoms with Gasteiger partial charge in [0.2, 0.25) is 0 Å². The van der Waals surface area contributed by atoms with Crippen LogP contribution >= 0.6 is 0 Å². The number of benzene rings is 5. The number of hydrogen-bond acceptors (Lipinski definition) is 3. The van der Waals surface area contributed by atoms with Gasteiger partial charge in [0.15, 0.2) is 0 Å². The highest BCUT2D eigenvalue weighted by Gasteiger charge is 2.31. The van der Waals surface area contributed by atoms with Gasteiger partial charge >= 0.3 is 0 Å². The molecule has 0 radical (unpaired) electrons. The van der Waals surface area contributed by atoms with Crippen molar-refractivity contribution in [1.82, 2.24) is 10.6 Å². The third-order valence-corrected chi connectivity index (χ3v) is 9.72. The van der Waals surface area contributed by atoms with Crippen molar-refractivity contribution in [1.29, 1.82) is 0 Å².